The van der Waals surface area contributed by atoms with Crippen molar-refractivity contribution < 1.29 is 23.5 Å². The quantitative estimate of drug-likeness (QED) is 0.214. The normalized spacial score (nSPS) is 12.9. The van der Waals surface area contributed by atoms with Crippen molar-refractivity contribution in [1.29, 1.82) is 0 Å². The van der Waals surface area contributed by atoms with Crippen molar-refractivity contribution in [3.63, 3.8) is 0 Å². The van der Waals surface area contributed by atoms with E-state index < -0.39 is 17.6 Å². The Bertz CT molecular complexity index is 1910. The van der Waals surface area contributed by atoms with Gasteiger partial charge in [-0.25, -0.2) is 9.37 Å². The van der Waals surface area contributed by atoms with Crippen molar-refractivity contribution in [2.24, 2.45) is 5.73 Å². The van der Waals surface area contributed by atoms with Crippen molar-refractivity contribution in [3.8, 4) is 22.8 Å². The third kappa shape index (κ3) is 6.34. The maximum atomic E-state index is 14.5. The highest BCUT2D eigenvalue weighted by Gasteiger charge is 2.22. The van der Waals surface area contributed by atoms with Crippen LogP contribution in [0, 0.1) is 5.82 Å². The topological polar surface area (TPSA) is 107 Å². The maximum Gasteiger partial charge on any atom is 0.256 e. The van der Waals surface area contributed by atoms with Gasteiger partial charge >= 0.3 is 0 Å². The number of fused-ring (bicyclic) bond motifs is 2. The molecule has 2 amide bonds. The van der Waals surface area contributed by atoms with E-state index in [1.54, 1.807) is 26.4 Å². The summed E-state index contributed by atoms with van der Waals surface area (Å²) in [4.78, 5) is 32.8. The van der Waals surface area contributed by atoms with Crippen molar-refractivity contribution in [3.05, 3.63) is 119 Å². The molecule has 0 saturated carbocycles. The Morgan fingerprint density at radius 3 is 2.38 bits per heavy atom. The molecule has 45 heavy (non-hydrogen) atoms. The first-order valence-corrected chi connectivity index (χ1v) is 14.7. The maximum absolute atomic E-state index is 14.5. The molecule has 0 bridgehead atoms. The van der Waals surface area contributed by atoms with Gasteiger partial charge < -0.3 is 20.5 Å². The van der Waals surface area contributed by atoms with E-state index in [0.717, 1.165) is 49.5 Å². The van der Waals surface area contributed by atoms with Crippen molar-refractivity contribution in [2.45, 2.75) is 19.4 Å². The third-order valence-corrected chi connectivity index (χ3v) is 8.20. The highest BCUT2D eigenvalue weighted by Crippen LogP contribution is 2.33. The number of primary amides is 1. The van der Waals surface area contributed by atoms with Gasteiger partial charge in [-0.3, -0.25) is 14.5 Å². The van der Waals surface area contributed by atoms with Gasteiger partial charge in [-0.15, -0.1) is 0 Å². The smallest absolute Gasteiger partial charge is 0.256 e. The molecule has 228 valence electrons. The second kappa shape index (κ2) is 12.8. The van der Waals surface area contributed by atoms with Crippen LogP contribution in [-0.4, -0.2) is 49.0 Å². The van der Waals surface area contributed by atoms with E-state index in [1.807, 2.05) is 42.5 Å². The number of hydrogen-bond donors (Lipinski definition) is 2. The van der Waals surface area contributed by atoms with E-state index in [9.17, 15) is 14.0 Å². The minimum atomic E-state index is -0.719. The molecule has 6 rings (SSSR count). The van der Waals surface area contributed by atoms with Gasteiger partial charge in [0.1, 0.15) is 5.82 Å². The summed E-state index contributed by atoms with van der Waals surface area (Å²) in [5, 5.41) is 3.61. The fourth-order valence-corrected chi connectivity index (χ4v) is 5.79. The number of carbonyl (C=O) groups is 2. The number of amides is 2. The fourth-order valence-electron chi connectivity index (χ4n) is 5.79. The van der Waals surface area contributed by atoms with Gasteiger partial charge in [0, 0.05) is 41.8 Å². The summed E-state index contributed by atoms with van der Waals surface area (Å²) in [5.41, 5.74) is 11.1. The summed E-state index contributed by atoms with van der Waals surface area (Å²) >= 11 is 0. The van der Waals surface area contributed by atoms with E-state index in [0.29, 0.717) is 16.6 Å². The van der Waals surface area contributed by atoms with Crippen molar-refractivity contribution in [2.75, 3.05) is 32.6 Å². The Labute approximate surface area is 260 Å². The minimum absolute atomic E-state index is 0.105. The average Bonchev–Trinajstić information content (AvgIpc) is 3.06. The molecule has 1 aliphatic rings. The molecule has 2 heterocycles. The molecule has 0 radical (unpaired) electrons. The zero-order valence-corrected chi connectivity index (χ0v) is 25.1. The lowest BCUT2D eigenvalue weighted by atomic mass is 9.97. The van der Waals surface area contributed by atoms with Crippen LogP contribution in [0.15, 0.2) is 84.9 Å². The molecule has 4 aromatic carbocycles. The Morgan fingerprint density at radius 2 is 1.64 bits per heavy atom. The molecule has 0 fully saturated rings. The van der Waals surface area contributed by atoms with Crippen molar-refractivity contribution in [1.82, 2.24) is 9.88 Å². The summed E-state index contributed by atoms with van der Waals surface area (Å²) in [7, 11) is 3.30. The van der Waals surface area contributed by atoms with Gasteiger partial charge in [-0.1, -0.05) is 30.3 Å². The molecule has 0 unspecified atom stereocenters. The third-order valence-electron chi connectivity index (χ3n) is 8.20. The Kier molecular flexibility index (Phi) is 8.44. The van der Waals surface area contributed by atoms with E-state index in [4.69, 9.17) is 15.2 Å². The summed E-state index contributed by atoms with van der Waals surface area (Å²) in [6.45, 7) is 2.69. The zero-order chi connectivity index (χ0) is 31.5. The van der Waals surface area contributed by atoms with E-state index in [2.05, 4.69) is 27.3 Å². The average molecular weight is 605 g/mol. The van der Waals surface area contributed by atoms with Gasteiger partial charge in [0.05, 0.1) is 31.0 Å². The first-order chi connectivity index (χ1) is 21.8. The number of nitrogens with one attached hydrogen (secondary N) is 1. The highest BCUT2D eigenvalue weighted by molar-refractivity contribution is 6.11. The number of halogens is 1. The molecule has 3 N–H and O–H groups in total. The number of ether oxygens (including phenoxy) is 2. The standard InChI is InChI=1S/C36H33FN4O4/c1-44-32-18-23-14-16-41(21-25(23)19-33(32)45-2)15-13-22-7-10-27(11-8-22)39-36(43)28-12-9-26(37)20-29(28)34-30(35(38)42)17-24-5-3-4-6-31(24)40-34/h3-12,17-20H,13-16,21H2,1-2H3,(H2,38,42)(H,39,43). The molecular formula is C36H33FN4O4. The number of anilines is 1. The molecule has 1 aliphatic heterocycles. The Balaban J connectivity index is 1.15. The number of hydrogen-bond acceptors (Lipinski definition) is 6. The number of benzene rings is 4. The predicted octanol–water partition coefficient (Wildman–Crippen LogP) is 6.01. The minimum Gasteiger partial charge on any atom is -0.493 e. The molecule has 5 aromatic rings. The second-order valence-corrected chi connectivity index (χ2v) is 11.0. The molecule has 8 nitrogen and oxygen atoms in total. The lowest BCUT2D eigenvalue weighted by molar-refractivity contribution is 0.0997. The summed E-state index contributed by atoms with van der Waals surface area (Å²) in [5.74, 6) is -0.240. The second-order valence-electron chi connectivity index (χ2n) is 11.0. The van der Waals surface area contributed by atoms with Crippen LogP contribution < -0.4 is 20.5 Å². The SMILES string of the molecule is COc1cc2c(cc1OC)CN(CCc1ccc(NC(=O)c3ccc(F)cc3-c3nc4ccccc4cc3C(N)=O)cc1)CC2. The van der Waals surface area contributed by atoms with Crippen LogP contribution in [0.3, 0.4) is 0 Å². The predicted molar refractivity (Wildman–Crippen MR) is 172 cm³/mol. The number of methoxy groups -OCH3 is 2. The van der Waals surface area contributed by atoms with Crippen LogP contribution in [0.2, 0.25) is 0 Å². The molecule has 0 saturated heterocycles. The molecule has 0 aliphatic carbocycles. The van der Waals surface area contributed by atoms with Crippen LogP contribution >= 0.6 is 0 Å². The molecule has 9 heteroatoms. The lowest BCUT2D eigenvalue weighted by Gasteiger charge is -2.29. The van der Waals surface area contributed by atoms with Gasteiger partial charge in [0.2, 0.25) is 0 Å². The fraction of sp³-hybridized carbons (Fsp3) is 0.194. The number of nitrogens with zero attached hydrogens (tertiary/aromatic N) is 2. The van der Waals surface area contributed by atoms with Crippen LogP contribution in [0.25, 0.3) is 22.2 Å². The molecular weight excluding hydrogens is 571 g/mol. The number of carbonyl (C=O) groups excluding carboxylic acids is 2. The molecule has 0 spiro atoms. The van der Waals surface area contributed by atoms with E-state index >= 15 is 0 Å². The summed E-state index contributed by atoms with van der Waals surface area (Å²) in [6, 6.07) is 24.4. The Hall–Kier alpha value is -5.28. The van der Waals surface area contributed by atoms with Crippen LogP contribution in [0.4, 0.5) is 10.1 Å². The highest BCUT2D eigenvalue weighted by atomic mass is 19.1. The number of pyridine rings is 1. The first-order valence-electron chi connectivity index (χ1n) is 14.7. The van der Waals surface area contributed by atoms with Crippen LogP contribution in [0.5, 0.6) is 11.5 Å². The zero-order valence-electron chi connectivity index (χ0n) is 25.1. The largest absolute Gasteiger partial charge is 0.493 e. The van der Waals surface area contributed by atoms with E-state index in [1.165, 1.54) is 29.3 Å². The van der Waals surface area contributed by atoms with Gasteiger partial charge in [0.15, 0.2) is 11.5 Å². The van der Waals surface area contributed by atoms with Crippen LogP contribution in [0.1, 0.15) is 37.4 Å². The Morgan fingerprint density at radius 1 is 0.911 bits per heavy atom. The van der Waals surface area contributed by atoms with Gasteiger partial charge in [0.25, 0.3) is 11.8 Å². The number of rotatable bonds is 9. The molecule has 0 atom stereocenters. The van der Waals surface area contributed by atoms with Crippen LogP contribution in [-0.2, 0) is 19.4 Å². The number of aromatic nitrogens is 1. The summed E-state index contributed by atoms with van der Waals surface area (Å²) < 4.78 is 25.4. The number of para-hydroxylation sites is 1. The number of nitrogens with two attached hydrogens (primary N) is 1. The monoisotopic (exact) mass is 604 g/mol. The van der Waals surface area contributed by atoms with Crippen molar-refractivity contribution >= 4 is 28.4 Å². The van der Waals surface area contributed by atoms with Gasteiger partial charge in [-0.2, -0.15) is 0 Å². The van der Waals surface area contributed by atoms with E-state index in [-0.39, 0.29) is 22.4 Å². The molecule has 1 aromatic heterocycles. The lowest BCUT2D eigenvalue weighted by Crippen LogP contribution is -2.32. The van der Waals surface area contributed by atoms with Gasteiger partial charge in [-0.05, 0) is 84.1 Å². The first kappa shape index (κ1) is 29.8. The summed E-state index contributed by atoms with van der Waals surface area (Å²) in [6.07, 6.45) is 1.80.